The van der Waals surface area contributed by atoms with E-state index in [1.807, 2.05) is 36.4 Å². The molecule has 0 saturated heterocycles. The first kappa shape index (κ1) is 35.5. The number of para-hydroxylation sites is 3. The highest BCUT2D eigenvalue weighted by Crippen LogP contribution is 2.40. The van der Waals surface area contributed by atoms with E-state index in [1.54, 1.807) is 0 Å². The average molecular weight is 792 g/mol. The molecule has 3 heterocycles. The Kier molecular flexibility index (Phi) is 8.42. The molecule has 3 aromatic heterocycles. The van der Waals surface area contributed by atoms with E-state index >= 15 is 0 Å². The summed E-state index contributed by atoms with van der Waals surface area (Å²) in [5.74, 6) is 1.88. The Balaban J connectivity index is 1.04. The second-order valence-corrected chi connectivity index (χ2v) is 15.6. The number of rotatable bonds is 7. The van der Waals surface area contributed by atoms with Crippen LogP contribution in [0, 0.1) is 0 Å². The van der Waals surface area contributed by atoms with E-state index in [9.17, 15) is 0 Å². The van der Waals surface area contributed by atoms with Crippen LogP contribution in [0.3, 0.4) is 0 Å². The van der Waals surface area contributed by atoms with E-state index in [1.165, 1.54) is 43.7 Å². The number of aromatic nitrogens is 5. The van der Waals surface area contributed by atoms with Crippen LogP contribution < -0.4 is 0 Å². The van der Waals surface area contributed by atoms with Gasteiger partial charge in [-0.1, -0.05) is 164 Å². The maximum absolute atomic E-state index is 5.20. The summed E-state index contributed by atoms with van der Waals surface area (Å²) in [5, 5.41) is 4.86. The van der Waals surface area contributed by atoms with Gasteiger partial charge in [0.15, 0.2) is 17.5 Å². The molecule has 0 saturated carbocycles. The van der Waals surface area contributed by atoms with Gasteiger partial charge in [-0.25, -0.2) is 15.0 Å². The molecule has 12 rings (SSSR count). The molecule has 9 aromatic carbocycles. The highest BCUT2D eigenvalue weighted by atomic mass is 15.0. The van der Waals surface area contributed by atoms with Crippen LogP contribution in [-0.2, 0) is 0 Å². The van der Waals surface area contributed by atoms with Crippen molar-refractivity contribution in [2.75, 3.05) is 0 Å². The quantitative estimate of drug-likeness (QED) is 0.162. The lowest BCUT2D eigenvalue weighted by Gasteiger charge is -2.15. The topological polar surface area (TPSA) is 48.5 Å². The molecular formula is C57H37N5. The lowest BCUT2D eigenvalue weighted by Crippen LogP contribution is -2.02. The molecule has 0 N–H and O–H groups in total. The SMILES string of the molecule is c1ccc(-c2nc(-c3ccccc3)nc(-c3cc(-n4c5ccccc5c5cc(-c6ccc7c(c6)c6ccccc6n7-c6ccccc6)ccc54)ccc3-c3ccccc3)n2)cc1. The van der Waals surface area contributed by atoms with Gasteiger partial charge in [-0.2, -0.15) is 0 Å². The number of benzene rings is 9. The summed E-state index contributed by atoms with van der Waals surface area (Å²) in [6.45, 7) is 0. The Morgan fingerprint density at radius 2 is 0.661 bits per heavy atom. The van der Waals surface area contributed by atoms with Crippen LogP contribution in [0.4, 0.5) is 0 Å². The Morgan fingerprint density at radius 1 is 0.242 bits per heavy atom. The van der Waals surface area contributed by atoms with Crippen molar-refractivity contribution in [1.82, 2.24) is 24.1 Å². The van der Waals surface area contributed by atoms with Gasteiger partial charge in [-0.05, 0) is 82.9 Å². The molecular weight excluding hydrogens is 755 g/mol. The first-order valence-electron chi connectivity index (χ1n) is 20.9. The maximum Gasteiger partial charge on any atom is 0.164 e. The molecule has 0 aliphatic heterocycles. The summed E-state index contributed by atoms with van der Waals surface area (Å²) < 4.78 is 4.74. The Bertz CT molecular complexity index is 3550. The van der Waals surface area contributed by atoms with Crippen LogP contribution in [0.15, 0.2) is 224 Å². The first-order valence-corrected chi connectivity index (χ1v) is 20.9. The fraction of sp³-hybridized carbons (Fsp3) is 0. The van der Waals surface area contributed by atoms with Crippen LogP contribution in [0.25, 0.3) is 111 Å². The monoisotopic (exact) mass is 791 g/mol. The fourth-order valence-corrected chi connectivity index (χ4v) is 9.09. The zero-order valence-corrected chi connectivity index (χ0v) is 33.6. The standard InChI is InChI=1S/C57H37N5/c1-5-17-38(18-6-1)45-32-31-44(37-50(45)57-59-55(39-19-7-2-8-20-39)58-56(60-57)40-21-9-3-10-22-40)62-52-28-16-14-26-47(52)49-36-42(30-34-54(49)62)41-29-33-53-48(35-41)46-25-13-15-27-51(46)61(53)43-23-11-4-12-24-43/h1-37H. The van der Waals surface area contributed by atoms with Crippen molar-refractivity contribution in [3.63, 3.8) is 0 Å². The molecule has 290 valence electrons. The largest absolute Gasteiger partial charge is 0.309 e. The number of hydrogen-bond donors (Lipinski definition) is 0. The highest BCUT2D eigenvalue weighted by molar-refractivity contribution is 6.12. The van der Waals surface area contributed by atoms with Crippen molar-refractivity contribution >= 4 is 43.6 Å². The van der Waals surface area contributed by atoms with Gasteiger partial charge in [0.2, 0.25) is 0 Å². The third kappa shape index (κ3) is 5.98. The van der Waals surface area contributed by atoms with Crippen molar-refractivity contribution in [2.45, 2.75) is 0 Å². The summed E-state index contributed by atoms with van der Waals surface area (Å²) in [6, 6.07) is 79.3. The minimum Gasteiger partial charge on any atom is -0.309 e. The van der Waals surface area contributed by atoms with Crippen LogP contribution in [-0.4, -0.2) is 24.1 Å². The van der Waals surface area contributed by atoms with Gasteiger partial charge >= 0.3 is 0 Å². The van der Waals surface area contributed by atoms with E-state index < -0.39 is 0 Å². The number of nitrogens with zero attached hydrogens (tertiary/aromatic N) is 5. The summed E-state index contributed by atoms with van der Waals surface area (Å²) in [5.41, 5.74) is 14.1. The minimum atomic E-state index is 0.616. The van der Waals surface area contributed by atoms with Crippen LogP contribution in [0.1, 0.15) is 0 Å². The fourth-order valence-electron chi connectivity index (χ4n) is 9.09. The third-order valence-electron chi connectivity index (χ3n) is 12.0. The summed E-state index contributed by atoms with van der Waals surface area (Å²) in [6.07, 6.45) is 0. The van der Waals surface area contributed by atoms with Crippen LogP contribution in [0.5, 0.6) is 0 Å². The maximum atomic E-state index is 5.20. The molecule has 0 bridgehead atoms. The second kappa shape index (κ2) is 14.7. The van der Waals surface area contributed by atoms with E-state index in [0.717, 1.165) is 50.2 Å². The molecule has 5 heteroatoms. The Labute approximate surface area is 358 Å². The molecule has 5 nitrogen and oxygen atoms in total. The highest BCUT2D eigenvalue weighted by Gasteiger charge is 2.20. The first-order chi connectivity index (χ1) is 30.7. The van der Waals surface area contributed by atoms with Crippen LogP contribution >= 0.6 is 0 Å². The van der Waals surface area contributed by atoms with Gasteiger partial charge in [-0.3, -0.25) is 0 Å². The van der Waals surface area contributed by atoms with Crippen molar-refractivity contribution in [1.29, 1.82) is 0 Å². The van der Waals surface area contributed by atoms with Gasteiger partial charge in [0.05, 0.1) is 22.1 Å². The lowest BCUT2D eigenvalue weighted by atomic mass is 9.98. The molecule has 0 aliphatic carbocycles. The molecule has 0 radical (unpaired) electrons. The molecule has 0 fully saturated rings. The van der Waals surface area contributed by atoms with Gasteiger partial charge in [0.25, 0.3) is 0 Å². The zero-order chi connectivity index (χ0) is 41.0. The smallest absolute Gasteiger partial charge is 0.164 e. The minimum absolute atomic E-state index is 0.616. The zero-order valence-electron chi connectivity index (χ0n) is 33.6. The molecule has 0 amide bonds. The van der Waals surface area contributed by atoms with Gasteiger partial charge < -0.3 is 9.13 Å². The number of hydrogen-bond acceptors (Lipinski definition) is 3. The molecule has 62 heavy (non-hydrogen) atoms. The summed E-state index contributed by atoms with van der Waals surface area (Å²) in [7, 11) is 0. The Hall–Kier alpha value is -8.41. The molecule has 0 aliphatic rings. The lowest BCUT2D eigenvalue weighted by molar-refractivity contribution is 1.07. The van der Waals surface area contributed by atoms with Gasteiger partial charge in [0, 0.05) is 49.6 Å². The summed E-state index contributed by atoms with van der Waals surface area (Å²) in [4.78, 5) is 15.4. The second-order valence-electron chi connectivity index (χ2n) is 15.6. The predicted octanol–water partition coefficient (Wildman–Crippen LogP) is 14.4. The average Bonchev–Trinajstić information content (AvgIpc) is 3.87. The molecule has 0 atom stereocenters. The molecule has 0 spiro atoms. The van der Waals surface area contributed by atoms with Gasteiger partial charge in [0.1, 0.15) is 0 Å². The van der Waals surface area contributed by atoms with Crippen molar-refractivity contribution < 1.29 is 0 Å². The normalized spacial score (nSPS) is 11.5. The summed E-state index contributed by atoms with van der Waals surface area (Å²) >= 11 is 0. The predicted molar refractivity (Wildman–Crippen MR) is 256 cm³/mol. The van der Waals surface area contributed by atoms with E-state index in [4.69, 9.17) is 15.0 Å². The van der Waals surface area contributed by atoms with Crippen LogP contribution in [0.2, 0.25) is 0 Å². The van der Waals surface area contributed by atoms with Crippen molar-refractivity contribution in [3.8, 4) is 67.8 Å². The van der Waals surface area contributed by atoms with Gasteiger partial charge in [-0.15, -0.1) is 0 Å². The van der Waals surface area contributed by atoms with Crippen molar-refractivity contribution in [2.24, 2.45) is 0 Å². The molecule has 0 unspecified atom stereocenters. The Morgan fingerprint density at radius 3 is 1.19 bits per heavy atom. The van der Waals surface area contributed by atoms with Crippen molar-refractivity contribution in [3.05, 3.63) is 224 Å². The molecule has 12 aromatic rings. The van der Waals surface area contributed by atoms with E-state index in [-0.39, 0.29) is 0 Å². The van der Waals surface area contributed by atoms with E-state index in [2.05, 4.69) is 197 Å². The number of fused-ring (bicyclic) bond motifs is 6. The van der Waals surface area contributed by atoms with E-state index in [0.29, 0.717) is 17.5 Å². The third-order valence-corrected chi connectivity index (χ3v) is 12.0.